The average Bonchev–Trinajstić information content (AvgIpc) is 2.95. The van der Waals surface area contributed by atoms with Crippen molar-refractivity contribution in [2.24, 2.45) is 5.73 Å². The lowest BCUT2D eigenvalue weighted by molar-refractivity contribution is 0.122. The van der Waals surface area contributed by atoms with E-state index in [9.17, 15) is 13.2 Å². The third kappa shape index (κ3) is 11.3. The topological polar surface area (TPSA) is 129 Å². The Balaban J connectivity index is 0.000000238. The number of ether oxygens (including phenoxy) is 2. The van der Waals surface area contributed by atoms with Gasteiger partial charge in [-0.1, -0.05) is 0 Å². The van der Waals surface area contributed by atoms with E-state index in [1.165, 1.54) is 0 Å². The fraction of sp³-hybridized carbons (Fsp3) is 0.583. The smallest absolute Gasteiger partial charge is 0.251 e. The maximum absolute atomic E-state index is 14.0. The lowest BCUT2D eigenvalue weighted by atomic mass is 10.3. The number of nitrogens with one attached hydrogen (secondary N) is 1. The first-order valence-electron chi connectivity index (χ1n) is 12.3. The van der Waals surface area contributed by atoms with Gasteiger partial charge in [-0.25, -0.2) is 13.8 Å². The summed E-state index contributed by atoms with van der Waals surface area (Å²) >= 11 is 3.71. The summed E-state index contributed by atoms with van der Waals surface area (Å²) in [5.41, 5.74) is 5.04. The zero-order valence-electron chi connectivity index (χ0n) is 21.8. The van der Waals surface area contributed by atoms with Gasteiger partial charge in [-0.05, 0) is 71.2 Å². The molecular formula is C24H35F3I2N6O4. The van der Waals surface area contributed by atoms with Crippen LogP contribution in [0.4, 0.5) is 30.6 Å². The largest absolute Gasteiger partial charge is 0.395 e. The van der Waals surface area contributed by atoms with Gasteiger partial charge in [-0.15, -0.1) is 0 Å². The number of aliphatic hydroxyl groups is 2. The quantitative estimate of drug-likeness (QED) is 0.257. The van der Waals surface area contributed by atoms with E-state index in [-0.39, 0.29) is 40.5 Å². The molecule has 0 radical (unpaired) electrons. The Labute approximate surface area is 253 Å². The summed E-state index contributed by atoms with van der Waals surface area (Å²) in [7, 11) is 0. The molecule has 0 spiro atoms. The van der Waals surface area contributed by atoms with Gasteiger partial charge in [-0.2, -0.15) is 9.37 Å². The van der Waals surface area contributed by atoms with Crippen LogP contribution in [-0.4, -0.2) is 98.1 Å². The molecule has 0 aromatic carbocycles. The number of anilines is 3. The highest BCUT2D eigenvalue weighted by atomic mass is 127. The summed E-state index contributed by atoms with van der Waals surface area (Å²) in [5.74, 6) is -0.896. The van der Waals surface area contributed by atoms with Crippen molar-refractivity contribution in [2.75, 3.05) is 80.9 Å². The monoisotopic (exact) mass is 782 g/mol. The van der Waals surface area contributed by atoms with E-state index >= 15 is 0 Å². The number of hydrogen-bond donors (Lipinski definition) is 4. The van der Waals surface area contributed by atoms with Crippen molar-refractivity contribution in [3.63, 3.8) is 0 Å². The molecule has 4 rings (SSSR count). The summed E-state index contributed by atoms with van der Waals surface area (Å²) < 4.78 is 51.3. The van der Waals surface area contributed by atoms with Gasteiger partial charge >= 0.3 is 0 Å². The number of rotatable bonds is 6. The number of halogens is 5. The SMILES string of the molecule is C[C@@H](N)CO.C[C@H](CO)Nc1nc(N2CCOCC2)cc(I)c1F.Fc1nc(N2CCOCC2)cc(I)c1F. The van der Waals surface area contributed by atoms with Crippen LogP contribution in [0.1, 0.15) is 13.8 Å². The first-order chi connectivity index (χ1) is 18.6. The summed E-state index contributed by atoms with van der Waals surface area (Å²) in [5, 5.41) is 19.9. The van der Waals surface area contributed by atoms with Crippen LogP contribution in [0.25, 0.3) is 0 Å². The van der Waals surface area contributed by atoms with Gasteiger partial charge in [0.05, 0.1) is 46.8 Å². The molecule has 220 valence electrons. The van der Waals surface area contributed by atoms with Crippen LogP contribution in [0.5, 0.6) is 0 Å². The third-order valence-corrected chi connectivity index (χ3v) is 6.94. The Morgan fingerprint density at radius 2 is 1.31 bits per heavy atom. The number of morpholine rings is 2. The van der Waals surface area contributed by atoms with Crippen molar-refractivity contribution in [1.29, 1.82) is 0 Å². The van der Waals surface area contributed by atoms with E-state index in [0.717, 1.165) is 18.9 Å². The molecule has 2 aliphatic heterocycles. The van der Waals surface area contributed by atoms with Crippen molar-refractivity contribution in [3.8, 4) is 0 Å². The van der Waals surface area contributed by atoms with Gasteiger partial charge in [-0.3, -0.25) is 0 Å². The van der Waals surface area contributed by atoms with E-state index in [4.69, 9.17) is 25.4 Å². The number of nitrogens with two attached hydrogens (primary N) is 1. The van der Waals surface area contributed by atoms with Crippen LogP contribution >= 0.6 is 45.2 Å². The number of nitrogens with zero attached hydrogens (tertiary/aromatic N) is 4. The molecule has 2 aliphatic rings. The molecule has 5 N–H and O–H groups in total. The first kappa shape index (κ1) is 34.0. The standard InChI is InChI=1S/C12H17FIN3O2.C9H9F2IN2O.C3H9NO/c1-8(7-18)15-12-11(13)9(14)6-10(16-12)17-2-4-19-5-3-17;10-8-6(12)5-7(13-9(8)11)14-1-3-15-4-2-14;1-3(4)2-5/h6,8,18H,2-5,7H2,1H3,(H,15,16);5H,1-4H2;3,5H,2,4H2,1H3/t8-;;3-/m1.1/s1. The summed E-state index contributed by atoms with van der Waals surface area (Å²) in [6, 6.07) is 2.98. The van der Waals surface area contributed by atoms with Gasteiger partial charge in [0.1, 0.15) is 11.6 Å². The molecule has 39 heavy (non-hydrogen) atoms. The fourth-order valence-electron chi connectivity index (χ4n) is 3.23. The summed E-state index contributed by atoms with van der Waals surface area (Å²) in [6.45, 7) is 8.87. The highest BCUT2D eigenvalue weighted by molar-refractivity contribution is 14.1. The molecule has 0 amide bonds. The highest BCUT2D eigenvalue weighted by Crippen LogP contribution is 2.25. The van der Waals surface area contributed by atoms with Gasteiger partial charge in [0.15, 0.2) is 17.5 Å². The predicted molar refractivity (Wildman–Crippen MR) is 161 cm³/mol. The van der Waals surface area contributed by atoms with Crippen molar-refractivity contribution < 1.29 is 32.9 Å². The van der Waals surface area contributed by atoms with Crippen LogP contribution in [0.3, 0.4) is 0 Å². The van der Waals surface area contributed by atoms with E-state index in [1.807, 2.05) is 27.5 Å². The van der Waals surface area contributed by atoms with Crippen molar-refractivity contribution in [2.45, 2.75) is 25.9 Å². The predicted octanol–water partition coefficient (Wildman–Crippen LogP) is 2.58. The maximum atomic E-state index is 14.0. The Morgan fingerprint density at radius 3 is 1.72 bits per heavy atom. The van der Waals surface area contributed by atoms with Crippen LogP contribution < -0.4 is 20.9 Å². The van der Waals surface area contributed by atoms with Crippen molar-refractivity contribution in [3.05, 3.63) is 36.9 Å². The van der Waals surface area contributed by atoms with Crippen LogP contribution in [0.2, 0.25) is 0 Å². The van der Waals surface area contributed by atoms with Gasteiger partial charge in [0.25, 0.3) is 5.95 Å². The van der Waals surface area contributed by atoms with Crippen molar-refractivity contribution in [1.82, 2.24) is 9.97 Å². The number of hydrogen-bond acceptors (Lipinski definition) is 10. The highest BCUT2D eigenvalue weighted by Gasteiger charge is 2.19. The fourth-order valence-corrected chi connectivity index (χ4v) is 4.26. The van der Waals surface area contributed by atoms with Crippen LogP contribution in [-0.2, 0) is 9.47 Å². The van der Waals surface area contributed by atoms with Gasteiger partial charge in [0.2, 0.25) is 0 Å². The maximum Gasteiger partial charge on any atom is 0.251 e. The van der Waals surface area contributed by atoms with E-state index < -0.39 is 11.8 Å². The van der Waals surface area contributed by atoms with E-state index in [0.29, 0.717) is 48.9 Å². The number of aliphatic hydroxyl groups excluding tert-OH is 2. The second-order valence-electron chi connectivity index (χ2n) is 8.78. The number of aromatic nitrogens is 2. The average molecular weight is 782 g/mol. The minimum Gasteiger partial charge on any atom is -0.395 e. The Hall–Kier alpha value is -1.25. The van der Waals surface area contributed by atoms with E-state index in [2.05, 4.69) is 20.2 Å². The summed E-state index contributed by atoms with van der Waals surface area (Å²) in [4.78, 5) is 11.8. The van der Waals surface area contributed by atoms with Crippen LogP contribution in [0, 0.1) is 24.7 Å². The molecule has 0 bridgehead atoms. The molecule has 10 nitrogen and oxygen atoms in total. The molecule has 2 atom stereocenters. The van der Waals surface area contributed by atoms with Gasteiger partial charge in [0, 0.05) is 38.3 Å². The number of pyridine rings is 2. The molecule has 2 fully saturated rings. The van der Waals surface area contributed by atoms with Crippen LogP contribution in [0.15, 0.2) is 12.1 Å². The lowest BCUT2D eigenvalue weighted by Crippen LogP contribution is -2.37. The zero-order chi connectivity index (χ0) is 28.9. The minimum atomic E-state index is -1.04. The van der Waals surface area contributed by atoms with E-state index in [1.54, 1.807) is 48.6 Å². The second-order valence-corrected chi connectivity index (χ2v) is 11.1. The zero-order valence-corrected chi connectivity index (χ0v) is 26.2. The third-order valence-electron chi connectivity index (χ3n) is 5.37. The molecule has 4 heterocycles. The molecule has 0 aliphatic carbocycles. The Bertz CT molecular complexity index is 1010. The molecule has 15 heteroatoms. The molecule has 0 unspecified atom stereocenters. The Kier molecular flexibility index (Phi) is 15.3. The Morgan fingerprint density at radius 1 is 0.872 bits per heavy atom. The minimum absolute atomic E-state index is 0.0602. The second kappa shape index (κ2) is 17.5. The molecule has 2 aromatic heterocycles. The molecule has 0 saturated carbocycles. The molecular weight excluding hydrogens is 747 g/mol. The molecule has 2 aromatic rings. The molecule has 2 saturated heterocycles. The van der Waals surface area contributed by atoms with Gasteiger partial charge < -0.3 is 40.5 Å². The van der Waals surface area contributed by atoms with Crippen molar-refractivity contribution >= 4 is 62.6 Å². The summed E-state index contributed by atoms with van der Waals surface area (Å²) in [6.07, 6.45) is 0. The first-order valence-corrected chi connectivity index (χ1v) is 14.5. The normalized spacial score (nSPS) is 16.9. The lowest BCUT2D eigenvalue weighted by Gasteiger charge is -2.28.